The normalized spacial score (nSPS) is 17.5. The van der Waals surface area contributed by atoms with Crippen molar-refractivity contribution in [2.45, 2.75) is 19.0 Å². The summed E-state index contributed by atoms with van der Waals surface area (Å²) < 4.78 is 16.0. The minimum atomic E-state index is -0.302. The third-order valence-electron chi connectivity index (χ3n) is 5.73. The Morgan fingerprint density at radius 1 is 1.03 bits per heavy atom. The van der Waals surface area contributed by atoms with E-state index in [9.17, 15) is 9.18 Å². The van der Waals surface area contributed by atoms with Gasteiger partial charge < -0.3 is 20.1 Å². The third kappa shape index (κ3) is 4.15. The molecular formula is C26H22FN5OS. The Balaban J connectivity index is 1.62. The van der Waals surface area contributed by atoms with Crippen molar-refractivity contribution in [2.75, 3.05) is 10.2 Å². The van der Waals surface area contributed by atoms with Crippen LogP contribution < -0.4 is 15.5 Å². The number of halogens is 1. The van der Waals surface area contributed by atoms with Crippen LogP contribution in [-0.2, 0) is 4.79 Å². The van der Waals surface area contributed by atoms with Gasteiger partial charge in [-0.2, -0.15) is 0 Å². The highest BCUT2D eigenvalue weighted by Gasteiger charge is 2.42. The fraction of sp³-hybridized carbons (Fsp3) is 0.115. The number of rotatable bonds is 5. The van der Waals surface area contributed by atoms with E-state index in [4.69, 9.17) is 12.2 Å². The van der Waals surface area contributed by atoms with Crippen molar-refractivity contribution >= 4 is 34.6 Å². The van der Waals surface area contributed by atoms with Crippen LogP contribution in [0.15, 0.2) is 91.3 Å². The van der Waals surface area contributed by atoms with Gasteiger partial charge in [0, 0.05) is 42.1 Å². The number of benzene rings is 2. The molecule has 2 N–H and O–H groups in total. The lowest BCUT2D eigenvalue weighted by atomic mass is 10.0. The van der Waals surface area contributed by atoms with Crippen LogP contribution in [0.5, 0.6) is 0 Å². The topological polar surface area (TPSA) is 62.2 Å². The summed E-state index contributed by atoms with van der Waals surface area (Å²) >= 11 is 5.78. The molecule has 0 saturated carbocycles. The molecule has 0 aliphatic carbocycles. The van der Waals surface area contributed by atoms with Crippen LogP contribution in [-0.4, -0.2) is 20.6 Å². The number of thiocarbonyl (C=S) groups is 1. The van der Waals surface area contributed by atoms with Gasteiger partial charge in [-0.3, -0.25) is 9.78 Å². The molecule has 3 heterocycles. The lowest BCUT2D eigenvalue weighted by Crippen LogP contribution is -2.30. The molecule has 5 rings (SSSR count). The second-order valence-corrected chi connectivity index (χ2v) is 8.39. The number of nitrogens with zero attached hydrogens (tertiary/aromatic N) is 3. The van der Waals surface area contributed by atoms with Crippen molar-refractivity contribution in [1.82, 2.24) is 14.9 Å². The first-order valence-electron chi connectivity index (χ1n) is 10.8. The van der Waals surface area contributed by atoms with Gasteiger partial charge in [-0.05, 0) is 78.9 Å². The maximum atomic E-state index is 14.0. The maximum absolute atomic E-state index is 14.0. The average molecular weight is 472 g/mol. The van der Waals surface area contributed by atoms with Gasteiger partial charge >= 0.3 is 0 Å². The van der Waals surface area contributed by atoms with Crippen LogP contribution >= 0.6 is 12.2 Å². The first-order chi connectivity index (χ1) is 16.5. The van der Waals surface area contributed by atoms with Crippen LogP contribution in [0.2, 0.25) is 0 Å². The molecule has 1 aliphatic rings. The van der Waals surface area contributed by atoms with Crippen molar-refractivity contribution < 1.29 is 9.18 Å². The summed E-state index contributed by atoms with van der Waals surface area (Å²) in [6.45, 7) is 1.47. The number of carbonyl (C=O) groups is 1. The van der Waals surface area contributed by atoms with Gasteiger partial charge in [0.15, 0.2) is 5.11 Å². The van der Waals surface area contributed by atoms with Crippen molar-refractivity contribution in [3.63, 3.8) is 0 Å². The number of anilines is 2. The smallest absolute Gasteiger partial charge is 0.221 e. The van der Waals surface area contributed by atoms with Gasteiger partial charge in [0.25, 0.3) is 0 Å². The molecule has 2 aromatic carbocycles. The van der Waals surface area contributed by atoms with Crippen LogP contribution in [0.4, 0.5) is 15.8 Å². The quantitative estimate of drug-likeness (QED) is 0.395. The van der Waals surface area contributed by atoms with E-state index < -0.39 is 0 Å². The fourth-order valence-corrected chi connectivity index (χ4v) is 4.68. The second kappa shape index (κ2) is 9.07. The van der Waals surface area contributed by atoms with Crippen LogP contribution in [0.1, 0.15) is 30.4 Å². The Hall–Kier alpha value is -4.04. The number of hydrogen-bond donors (Lipinski definition) is 2. The monoisotopic (exact) mass is 471 g/mol. The van der Waals surface area contributed by atoms with Gasteiger partial charge in [-0.1, -0.05) is 12.1 Å². The predicted molar refractivity (Wildman–Crippen MR) is 134 cm³/mol. The highest BCUT2D eigenvalue weighted by molar-refractivity contribution is 7.80. The Bertz CT molecular complexity index is 1340. The zero-order valence-electron chi connectivity index (χ0n) is 18.4. The molecule has 4 aromatic rings. The van der Waals surface area contributed by atoms with Crippen LogP contribution in [0.25, 0.3) is 5.69 Å². The van der Waals surface area contributed by atoms with Crippen LogP contribution in [0.3, 0.4) is 0 Å². The molecule has 1 aliphatic heterocycles. The van der Waals surface area contributed by atoms with E-state index in [-0.39, 0.29) is 23.8 Å². The van der Waals surface area contributed by atoms with Crippen molar-refractivity contribution in [2.24, 2.45) is 0 Å². The summed E-state index contributed by atoms with van der Waals surface area (Å²) in [5.74, 6) is -0.434. The lowest BCUT2D eigenvalue weighted by molar-refractivity contribution is -0.114. The number of pyridine rings is 1. The van der Waals surface area contributed by atoms with E-state index in [1.807, 2.05) is 76.3 Å². The Labute approximate surface area is 202 Å². The van der Waals surface area contributed by atoms with Crippen molar-refractivity contribution in [3.8, 4) is 5.69 Å². The van der Waals surface area contributed by atoms with E-state index >= 15 is 0 Å². The van der Waals surface area contributed by atoms with Gasteiger partial charge in [0.05, 0.1) is 11.7 Å². The number of nitrogens with one attached hydrogen (secondary N) is 2. The minimum Gasteiger partial charge on any atom is -0.351 e. The van der Waals surface area contributed by atoms with Gasteiger partial charge in [-0.25, -0.2) is 4.39 Å². The first kappa shape index (κ1) is 21.8. The SMILES string of the molecule is CC(=O)Nc1ccc(N2C(=S)N[C@@H](c3ccccn3)[C@@H]2c2cccn2-c2cccc(F)c2)cc1. The summed E-state index contributed by atoms with van der Waals surface area (Å²) in [6, 6.07) is 23.3. The van der Waals surface area contributed by atoms with Crippen molar-refractivity contribution in [3.05, 3.63) is 108 Å². The largest absolute Gasteiger partial charge is 0.351 e. The van der Waals surface area contributed by atoms with E-state index in [1.165, 1.54) is 19.1 Å². The summed E-state index contributed by atoms with van der Waals surface area (Å²) in [7, 11) is 0. The average Bonchev–Trinajstić information content (AvgIpc) is 3.44. The molecule has 1 amide bonds. The van der Waals surface area contributed by atoms with E-state index in [0.717, 1.165) is 22.8 Å². The molecule has 2 atom stereocenters. The highest BCUT2D eigenvalue weighted by Crippen LogP contribution is 2.42. The van der Waals surface area contributed by atoms with Crippen LogP contribution in [0, 0.1) is 5.82 Å². The molecule has 6 nitrogen and oxygen atoms in total. The number of hydrogen-bond acceptors (Lipinski definition) is 3. The summed E-state index contributed by atoms with van der Waals surface area (Å²) in [5.41, 5.74) is 4.06. The Kier molecular flexibility index (Phi) is 5.81. The second-order valence-electron chi connectivity index (χ2n) is 8.01. The summed E-state index contributed by atoms with van der Waals surface area (Å²) in [4.78, 5) is 18.0. The molecule has 8 heteroatoms. The summed E-state index contributed by atoms with van der Waals surface area (Å²) in [6.07, 6.45) is 3.67. The molecule has 170 valence electrons. The van der Waals surface area contributed by atoms with E-state index in [1.54, 1.807) is 12.3 Å². The first-order valence-corrected chi connectivity index (χ1v) is 11.2. The van der Waals surface area contributed by atoms with E-state index in [0.29, 0.717) is 10.8 Å². The zero-order chi connectivity index (χ0) is 23.7. The number of aromatic nitrogens is 2. The van der Waals surface area contributed by atoms with Gasteiger partial charge in [0.1, 0.15) is 11.9 Å². The van der Waals surface area contributed by atoms with Gasteiger partial charge in [0.2, 0.25) is 5.91 Å². The predicted octanol–water partition coefficient (Wildman–Crippen LogP) is 5.15. The third-order valence-corrected chi connectivity index (χ3v) is 6.05. The molecule has 0 spiro atoms. The van der Waals surface area contributed by atoms with Crippen molar-refractivity contribution in [1.29, 1.82) is 0 Å². The lowest BCUT2D eigenvalue weighted by Gasteiger charge is -2.29. The molecule has 1 saturated heterocycles. The number of carbonyl (C=O) groups excluding carboxylic acids is 1. The summed E-state index contributed by atoms with van der Waals surface area (Å²) in [5, 5.41) is 6.77. The van der Waals surface area contributed by atoms with Gasteiger partial charge in [-0.15, -0.1) is 0 Å². The minimum absolute atomic E-state index is 0.132. The molecule has 1 fully saturated rings. The zero-order valence-corrected chi connectivity index (χ0v) is 19.2. The van der Waals surface area contributed by atoms with E-state index in [2.05, 4.69) is 15.6 Å². The molecule has 34 heavy (non-hydrogen) atoms. The standard InChI is InChI=1S/C26H22FN5OS/c1-17(33)29-19-10-12-20(13-11-19)32-25(24(30-26(32)34)22-8-2-3-14-28-22)23-9-5-15-31(23)21-7-4-6-18(27)16-21/h2-16,24-25H,1H3,(H,29,33)(H,30,34)/t24-,25-/m0/s1. The Morgan fingerprint density at radius 2 is 1.85 bits per heavy atom. The number of amides is 1. The molecule has 0 bridgehead atoms. The molecule has 0 radical (unpaired) electrons. The molecule has 0 unspecified atom stereocenters. The molecular weight excluding hydrogens is 449 g/mol. The Morgan fingerprint density at radius 3 is 2.56 bits per heavy atom. The fourth-order valence-electron chi connectivity index (χ4n) is 4.34. The maximum Gasteiger partial charge on any atom is 0.221 e. The molecule has 2 aromatic heterocycles. The highest BCUT2D eigenvalue weighted by atomic mass is 32.1.